The molecule has 13 heteroatoms. The van der Waals surface area contributed by atoms with E-state index < -0.39 is 16.7 Å². The highest BCUT2D eigenvalue weighted by Crippen LogP contribution is 2.31. The van der Waals surface area contributed by atoms with Gasteiger partial charge >= 0.3 is 0 Å². The van der Waals surface area contributed by atoms with Crippen LogP contribution < -0.4 is 11.1 Å². The van der Waals surface area contributed by atoms with E-state index in [9.17, 15) is 19.7 Å². The summed E-state index contributed by atoms with van der Waals surface area (Å²) in [5.74, 6) is -1.01. The minimum atomic E-state index is -0.562. The van der Waals surface area contributed by atoms with Crippen LogP contribution in [0.15, 0.2) is 65.8 Å². The van der Waals surface area contributed by atoms with Gasteiger partial charge in [0.1, 0.15) is 5.69 Å². The first-order valence-corrected chi connectivity index (χ1v) is 12.2. The summed E-state index contributed by atoms with van der Waals surface area (Å²) in [6.07, 6.45) is 0.105. The Morgan fingerprint density at radius 3 is 2.51 bits per heavy atom. The number of benzene rings is 3. The van der Waals surface area contributed by atoms with E-state index in [2.05, 4.69) is 20.8 Å². The van der Waals surface area contributed by atoms with Gasteiger partial charge in [0.2, 0.25) is 17.0 Å². The Balaban J connectivity index is 1.46. The number of hydrogen-bond donors (Lipinski definition) is 2. The van der Waals surface area contributed by atoms with Gasteiger partial charge in [-0.1, -0.05) is 59.8 Å². The quantitative estimate of drug-likeness (QED) is 0.184. The average Bonchev–Trinajstić information content (AvgIpc) is 3.31. The number of halogens is 1. The molecule has 4 rings (SSSR count). The van der Waals surface area contributed by atoms with Crippen LogP contribution in [0, 0.1) is 17.0 Å². The van der Waals surface area contributed by atoms with Crippen molar-refractivity contribution < 1.29 is 14.5 Å². The second-order valence-electron chi connectivity index (χ2n) is 7.99. The van der Waals surface area contributed by atoms with Crippen molar-refractivity contribution in [1.29, 1.82) is 0 Å². The molecule has 188 valence electrons. The van der Waals surface area contributed by atoms with Crippen molar-refractivity contribution in [2.24, 2.45) is 5.73 Å². The standard InChI is InChI=1S/C24H20ClN7O4S/c1-14-2-9-20(18(25)10-14)31-24(28-29-30-31)37-13-23(34)27-19-8-7-17(12-21(19)32(35)36)16-5-3-15(4-6-16)11-22(26)33/h2-10,12H,11,13H2,1H3,(H2,26,33)(H,27,34). The van der Waals surface area contributed by atoms with Gasteiger partial charge in [-0.3, -0.25) is 19.7 Å². The van der Waals surface area contributed by atoms with Gasteiger partial charge < -0.3 is 11.1 Å². The number of aryl methyl sites for hydroxylation is 1. The third kappa shape index (κ3) is 6.29. The van der Waals surface area contributed by atoms with Gasteiger partial charge in [-0.2, -0.15) is 4.68 Å². The van der Waals surface area contributed by atoms with Crippen LogP contribution in [-0.4, -0.2) is 42.7 Å². The highest BCUT2D eigenvalue weighted by Gasteiger charge is 2.19. The van der Waals surface area contributed by atoms with E-state index in [0.29, 0.717) is 27.0 Å². The molecule has 11 nitrogen and oxygen atoms in total. The molecule has 0 fully saturated rings. The van der Waals surface area contributed by atoms with Crippen LogP contribution in [-0.2, 0) is 16.0 Å². The second-order valence-corrected chi connectivity index (χ2v) is 9.34. The number of carbonyl (C=O) groups is 2. The molecular weight excluding hydrogens is 518 g/mol. The fourth-order valence-electron chi connectivity index (χ4n) is 3.50. The summed E-state index contributed by atoms with van der Waals surface area (Å²) < 4.78 is 1.42. The number of hydrogen-bond acceptors (Lipinski definition) is 8. The Labute approximate surface area is 220 Å². The highest BCUT2D eigenvalue weighted by atomic mass is 35.5. The molecule has 3 N–H and O–H groups in total. The molecule has 0 aliphatic heterocycles. The van der Waals surface area contributed by atoms with Crippen molar-refractivity contribution >= 4 is 46.6 Å². The molecule has 37 heavy (non-hydrogen) atoms. The molecule has 1 aromatic heterocycles. The smallest absolute Gasteiger partial charge is 0.293 e. The third-order valence-electron chi connectivity index (χ3n) is 5.24. The number of thioether (sulfide) groups is 1. The lowest BCUT2D eigenvalue weighted by Gasteiger charge is -2.09. The number of rotatable bonds is 9. The molecule has 4 aromatic rings. The summed E-state index contributed by atoms with van der Waals surface area (Å²) >= 11 is 7.37. The average molecular weight is 538 g/mol. The van der Waals surface area contributed by atoms with Gasteiger partial charge in [-0.15, -0.1) is 5.10 Å². The molecule has 0 saturated heterocycles. The Morgan fingerprint density at radius 2 is 1.84 bits per heavy atom. The monoisotopic (exact) mass is 537 g/mol. The number of aromatic nitrogens is 4. The van der Waals surface area contributed by atoms with E-state index in [1.54, 1.807) is 42.5 Å². The van der Waals surface area contributed by atoms with Crippen molar-refractivity contribution in [1.82, 2.24) is 20.2 Å². The van der Waals surface area contributed by atoms with Crippen molar-refractivity contribution in [3.63, 3.8) is 0 Å². The number of nitrogens with one attached hydrogen (secondary N) is 1. The Hall–Kier alpha value is -4.29. The van der Waals surface area contributed by atoms with Gasteiger partial charge in [0, 0.05) is 6.07 Å². The molecule has 0 aliphatic carbocycles. The van der Waals surface area contributed by atoms with E-state index in [-0.39, 0.29) is 23.5 Å². The molecular formula is C24H20ClN7O4S. The van der Waals surface area contributed by atoms with E-state index in [4.69, 9.17) is 17.3 Å². The molecule has 1 heterocycles. The van der Waals surface area contributed by atoms with Gasteiger partial charge in [-0.25, -0.2) is 0 Å². The second kappa shape index (κ2) is 11.2. The van der Waals surface area contributed by atoms with Crippen molar-refractivity contribution in [3.8, 4) is 16.8 Å². The van der Waals surface area contributed by atoms with Crippen LogP contribution in [0.25, 0.3) is 16.8 Å². The van der Waals surface area contributed by atoms with Crippen LogP contribution in [0.3, 0.4) is 0 Å². The van der Waals surface area contributed by atoms with Crippen LogP contribution in [0.5, 0.6) is 0 Å². The molecule has 0 aliphatic rings. The molecule has 3 aromatic carbocycles. The van der Waals surface area contributed by atoms with Gasteiger partial charge in [0.05, 0.1) is 27.8 Å². The predicted octanol–water partition coefficient (Wildman–Crippen LogP) is 3.96. The van der Waals surface area contributed by atoms with E-state index in [1.165, 1.54) is 16.8 Å². The number of anilines is 1. The van der Waals surface area contributed by atoms with Gasteiger partial charge in [0.15, 0.2) is 0 Å². The lowest BCUT2D eigenvalue weighted by atomic mass is 10.0. The van der Waals surface area contributed by atoms with E-state index in [0.717, 1.165) is 22.9 Å². The van der Waals surface area contributed by atoms with E-state index in [1.807, 2.05) is 13.0 Å². The fourth-order valence-corrected chi connectivity index (χ4v) is 4.50. The number of amides is 2. The Bertz CT molecular complexity index is 1490. The first-order valence-electron chi connectivity index (χ1n) is 10.8. The molecule has 0 radical (unpaired) electrons. The third-order valence-corrected chi connectivity index (χ3v) is 6.46. The minimum absolute atomic E-state index is 0.0610. The molecule has 0 unspecified atom stereocenters. The van der Waals surface area contributed by atoms with Crippen LogP contribution in [0.1, 0.15) is 11.1 Å². The highest BCUT2D eigenvalue weighted by molar-refractivity contribution is 7.99. The van der Waals surface area contributed by atoms with Crippen LogP contribution in [0.2, 0.25) is 5.02 Å². The number of nitrogens with zero attached hydrogens (tertiary/aromatic N) is 5. The Kier molecular flexibility index (Phi) is 7.80. The molecule has 0 spiro atoms. The summed E-state index contributed by atoms with van der Waals surface area (Å²) in [5.41, 5.74) is 8.59. The Morgan fingerprint density at radius 1 is 1.11 bits per heavy atom. The molecule has 0 atom stereocenters. The number of nitro groups is 1. The first-order chi connectivity index (χ1) is 17.7. The van der Waals surface area contributed by atoms with Gasteiger partial charge in [-0.05, 0) is 57.8 Å². The van der Waals surface area contributed by atoms with Crippen molar-refractivity contribution in [2.45, 2.75) is 18.5 Å². The minimum Gasteiger partial charge on any atom is -0.369 e. The maximum atomic E-state index is 12.6. The normalized spacial score (nSPS) is 10.8. The zero-order valence-electron chi connectivity index (χ0n) is 19.4. The van der Waals surface area contributed by atoms with Crippen molar-refractivity contribution in [3.05, 3.63) is 86.9 Å². The predicted molar refractivity (Wildman–Crippen MR) is 140 cm³/mol. The number of primary amides is 1. The summed E-state index contributed by atoms with van der Waals surface area (Å²) in [6, 6.07) is 16.9. The number of carbonyl (C=O) groups excluding carboxylic acids is 2. The zero-order chi connectivity index (χ0) is 26.5. The van der Waals surface area contributed by atoms with Crippen molar-refractivity contribution in [2.75, 3.05) is 11.1 Å². The lowest BCUT2D eigenvalue weighted by Crippen LogP contribution is -2.15. The molecule has 2 amide bonds. The lowest BCUT2D eigenvalue weighted by molar-refractivity contribution is -0.383. The van der Waals surface area contributed by atoms with Gasteiger partial charge in [0.25, 0.3) is 5.69 Å². The topological polar surface area (TPSA) is 159 Å². The zero-order valence-corrected chi connectivity index (χ0v) is 21.0. The maximum Gasteiger partial charge on any atom is 0.293 e. The maximum absolute atomic E-state index is 12.6. The fraction of sp³-hybridized carbons (Fsp3) is 0.125. The van der Waals surface area contributed by atoms with Crippen LogP contribution >= 0.6 is 23.4 Å². The summed E-state index contributed by atoms with van der Waals surface area (Å²) in [7, 11) is 0. The van der Waals surface area contributed by atoms with E-state index >= 15 is 0 Å². The van der Waals surface area contributed by atoms with Crippen LogP contribution in [0.4, 0.5) is 11.4 Å². The number of nitrogens with two attached hydrogens (primary N) is 1. The largest absolute Gasteiger partial charge is 0.369 e. The molecule has 0 bridgehead atoms. The summed E-state index contributed by atoms with van der Waals surface area (Å²) in [4.78, 5) is 34.9. The summed E-state index contributed by atoms with van der Waals surface area (Å²) in [5, 5.41) is 26.6. The SMILES string of the molecule is Cc1ccc(-n2nnnc2SCC(=O)Nc2ccc(-c3ccc(CC(N)=O)cc3)cc2[N+](=O)[O-])c(Cl)c1. The number of tetrazole rings is 1. The number of nitro benzene ring substituents is 1. The molecule has 0 saturated carbocycles. The summed E-state index contributed by atoms with van der Waals surface area (Å²) in [6.45, 7) is 1.91. The first kappa shape index (κ1) is 25.8.